The van der Waals surface area contributed by atoms with Gasteiger partial charge >= 0.3 is 0 Å². The summed E-state index contributed by atoms with van der Waals surface area (Å²) in [5.74, 6) is -0.0162. The second-order valence-electron chi connectivity index (χ2n) is 4.66. The van der Waals surface area contributed by atoms with Gasteiger partial charge in [0, 0.05) is 18.5 Å². The maximum atomic E-state index is 11.7. The van der Waals surface area contributed by atoms with E-state index in [4.69, 9.17) is 4.74 Å². The molecule has 1 aromatic heterocycles. The molecule has 90 valence electrons. The summed E-state index contributed by atoms with van der Waals surface area (Å²) in [5.41, 5.74) is 0.107. The van der Waals surface area contributed by atoms with Crippen LogP contribution in [0.3, 0.4) is 0 Å². The summed E-state index contributed by atoms with van der Waals surface area (Å²) in [6.45, 7) is 7.53. The second kappa shape index (κ2) is 5.46. The van der Waals surface area contributed by atoms with Crippen molar-refractivity contribution in [2.24, 2.45) is 0 Å². The zero-order valence-corrected chi connectivity index (χ0v) is 11.1. The SMILES string of the molecule is COCCNC(=O)c1ccc(C(C)(C)C)s1. The topological polar surface area (TPSA) is 38.3 Å². The third kappa shape index (κ3) is 3.61. The van der Waals surface area contributed by atoms with Crippen LogP contribution in [0.1, 0.15) is 35.3 Å². The quantitative estimate of drug-likeness (QED) is 0.822. The first-order valence-corrected chi connectivity index (χ1v) is 6.14. The molecule has 0 fully saturated rings. The molecule has 1 N–H and O–H groups in total. The highest BCUT2D eigenvalue weighted by molar-refractivity contribution is 7.14. The summed E-state index contributed by atoms with van der Waals surface area (Å²) < 4.78 is 4.88. The van der Waals surface area contributed by atoms with E-state index in [2.05, 4.69) is 26.1 Å². The van der Waals surface area contributed by atoms with Crippen molar-refractivity contribution in [3.05, 3.63) is 21.9 Å². The van der Waals surface area contributed by atoms with Gasteiger partial charge in [0.1, 0.15) is 0 Å². The van der Waals surface area contributed by atoms with Crippen LogP contribution >= 0.6 is 11.3 Å². The molecule has 0 aromatic carbocycles. The van der Waals surface area contributed by atoms with Gasteiger partial charge in [-0.2, -0.15) is 0 Å². The summed E-state index contributed by atoms with van der Waals surface area (Å²) in [7, 11) is 1.62. The third-order valence-electron chi connectivity index (χ3n) is 2.16. The minimum atomic E-state index is -0.0162. The molecule has 0 atom stereocenters. The molecule has 0 bridgehead atoms. The van der Waals surface area contributed by atoms with E-state index >= 15 is 0 Å². The highest BCUT2D eigenvalue weighted by Crippen LogP contribution is 2.29. The molecular weight excluding hydrogens is 222 g/mol. The Balaban J connectivity index is 2.60. The summed E-state index contributed by atoms with van der Waals surface area (Å²) in [4.78, 5) is 13.7. The van der Waals surface area contributed by atoms with E-state index in [9.17, 15) is 4.79 Å². The number of methoxy groups -OCH3 is 1. The third-order valence-corrected chi connectivity index (χ3v) is 3.67. The van der Waals surface area contributed by atoms with Gasteiger partial charge in [-0.05, 0) is 17.5 Å². The molecule has 1 amide bonds. The minimum absolute atomic E-state index is 0.0162. The first kappa shape index (κ1) is 13.2. The fourth-order valence-corrected chi connectivity index (χ4v) is 2.20. The molecule has 16 heavy (non-hydrogen) atoms. The van der Waals surface area contributed by atoms with E-state index in [-0.39, 0.29) is 11.3 Å². The van der Waals surface area contributed by atoms with Gasteiger partial charge in [-0.3, -0.25) is 4.79 Å². The van der Waals surface area contributed by atoms with E-state index in [1.165, 1.54) is 4.88 Å². The molecule has 0 radical (unpaired) electrons. The zero-order valence-electron chi connectivity index (χ0n) is 10.3. The monoisotopic (exact) mass is 241 g/mol. The molecule has 0 aliphatic carbocycles. The molecule has 0 unspecified atom stereocenters. The Labute approximate surface area is 101 Å². The maximum Gasteiger partial charge on any atom is 0.261 e. The van der Waals surface area contributed by atoms with Crippen molar-refractivity contribution in [1.82, 2.24) is 5.32 Å². The van der Waals surface area contributed by atoms with Crippen LogP contribution in [0.5, 0.6) is 0 Å². The number of rotatable bonds is 4. The Morgan fingerprint density at radius 3 is 2.62 bits per heavy atom. The molecule has 1 rings (SSSR count). The molecule has 0 aliphatic rings. The van der Waals surface area contributed by atoms with Crippen LogP contribution in [-0.2, 0) is 10.2 Å². The molecule has 0 spiro atoms. The second-order valence-corrected chi connectivity index (χ2v) is 5.75. The molecular formula is C12H19NO2S. The lowest BCUT2D eigenvalue weighted by atomic mass is 9.95. The summed E-state index contributed by atoms with van der Waals surface area (Å²) >= 11 is 1.55. The molecule has 1 aromatic rings. The van der Waals surface area contributed by atoms with Crippen LogP contribution in [0, 0.1) is 0 Å². The Kier molecular flexibility index (Phi) is 4.50. The van der Waals surface area contributed by atoms with Crippen LogP contribution in [0.25, 0.3) is 0 Å². The first-order valence-electron chi connectivity index (χ1n) is 5.32. The van der Waals surface area contributed by atoms with E-state index in [0.717, 1.165) is 4.88 Å². The zero-order chi connectivity index (χ0) is 12.2. The number of hydrogen-bond acceptors (Lipinski definition) is 3. The van der Waals surface area contributed by atoms with Gasteiger partial charge in [0.25, 0.3) is 5.91 Å². The normalized spacial score (nSPS) is 11.5. The molecule has 0 aliphatic heterocycles. The van der Waals surface area contributed by atoms with Crippen LogP contribution in [0.4, 0.5) is 0 Å². The highest BCUT2D eigenvalue weighted by Gasteiger charge is 2.18. The van der Waals surface area contributed by atoms with Crippen molar-refractivity contribution in [2.75, 3.05) is 20.3 Å². The Morgan fingerprint density at radius 1 is 1.44 bits per heavy atom. The standard InChI is InChI=1S/C12H19NO2S/c1-12(2,3)10-6-5-9(16-10)11(14)13-7-8-15-4/h5-6H,7-8H2,1-4H3,(H,13,14). The average molecular weight is 241 g/mol. The Bertz CT molecular complexity index is 352. The van der Waals surface area contributed by atoms with E-state index in [1.807, 2.05) is 12.1 Å². The van der Waals surface area contributed by atoms with E-state index in [1.54, 1.807) is 18.4 Å². The fourth-order valence-electron chi connectivity index (χ4n) is 1.22. The molecule has 0 saturated carbocycles. The minimum Gasteiger partial charge on any atom is -0.383 e. The van der Waals surface area contributed by atoms with Gasteiger partial charge in [-0.1, -0.05) is 20.8 Å². The van der Waals surface area contributed by atoms with Gasteiger partial charge in [0.2, 0.25) is 0 Å². The van der Waals surface area contributed by atoms with Gasteiger partial charge < -0.3 is 10.1 Å². The number of carbonyl (C=O) groups is 1. The largest absolute Gasteiger partial charge is 0.383 e. The lowest BCUT2D eigenvalue weighted by Crippen LogP contribution is -2.26. The summed E-state index contributed by atoms with van der Waals surface area (Å²) in [5, 5.41) is 2.81. The average Bonchev–Trinajstić information content (AvgIpc) is 2.66. The van der Waals surface area contributed by atoms with Crippen molar-refractivity contribution in [3.63, 3.8) is 0 Å². The van der Waals surface area contributed by atoms with Gasteiger partial charge in [0.15, 0.2) is 0 Å². The number of hydrogen-bond donors (Lipinski definition) is 1. The van der Waals surface area contributed by atoms with Crippen molar-refractivity contribution in [2.45, 2.75) is 26.2 Å². The van der Waals surface area contributed by atoms with Crippen molar-refractivity contribution in [1.29, 1.82) is 0 Å². The van der Waals surface area contributed by atoms with E-state index in [0.29, 0.717) is 13.2 Å². The first-order chi connectivity index (χ1) is 7.45. The summed E-state index contributed by atoms with van der Waals surface area (Å²) in [6.07, 6.45) is 0. The van der Waals surface area contributed by atoms with Gasteiger partial charge in [-0.25, -0.2) is 0 Å². The number of nitrogens with one attached hydrogen (secondary N) is 1. The van der Waals surface area contributed by atoms with E-state index < -0.39 is 0 Å². The molecule has 3 nitrogen and oxygen atoms in total. The predicted octanol–water partition coefficient (Wildman–Crippen LogP) is 2.42. The fraction of sp³-hybridized carbons (Fsp3) is 0.583. The lowest BCUT2D eigenvalue weighted by molar-refractivity contribution is 0.0941. The van der Waals surface area contributed by atoms with Crippen LogP contribution in [0.2, 0.25) is 0 Å². The predicted molar refractivity (Wildman–Crippen MR) is 67.2 cm³/mol. The van der Waals surface area contributed by atoms with Crippen LogP contribution in [-0.4, -0.2) is 26.2 Å². The smallest absolute Gasteiger partial charge is 0.261 e. The number of amides is 1. The molecule has 1 heterocycles. The van der Waals surface area contributed by atoms with Gasteiger partial charge in [0.05, 0.1) is 11.5 Å². The van der Waals surface area contributed by atoms with Crippen molar-refractivity contribution >= 4 is 17.2 Å². The Morgan fingerprint density at radius 2 is 2.12 bits per heavy atom. The maximum absolute atomic E-state index is 11.7. The Hall–Kier alpha value is -0.870. The van der Waals surface area contributed by atoms with Crippen molar-refractivity contribution < 1.29 is 9.53 Å². The van der Waals surface area contributed by atoms with Crippen LogP contribution < -0.4 is 5.32 Å². The molecule has 0 saturated heterocycles. The van der Waals surface area contributed by atoms with Gasteiger partial charge in [-0.15, -0.1) is 11.3 Å². The van der Waals surface area contributed by atoms with Crippen molar-refractivity contribution in [3.8, 4) is 0 Å². The number of thiophene rings is 1. The lowest BCUT2D eigenvalue weighted by Gasteiger charge is -2.15. The van der Waals surface area contributed by atoms with Crippen LogP contribution in [0.15, 0.2) is 12.1 Å². The number of carbonyl (C=O) groups excluding carboxylic acids is 1. The highest BCUT2D eigenvalue weighted by atomic mass is 32.1. The summed E-state index contributed by atoms with van der Waals surface area (Å²) in [6, 6.07) is 3.91. The molecule has 4 heteroatoms. The number of ether oxygens (including phenoxy) is 1.